The minimum absolute atomic E-state index is 0.000701. The van der Waals surface area contributed by atoms with Gasteiger partial charge >= 0.3 is 0 Å². The monoisotopic (exact) mass is 934 g/mol. The topological polar surface area (TPSA) is 208 Å². The highest BCUT2D eigenvalue weighted by molar-refractivity contribution is 6.31. The van der Waals surface area contributed by atoms with Gasteiger partial charge in [-0.25, -0.2) is 22.5 Å². The van der Waals surface area contributed by atoms with E-state index in [0.717, 1.165) is 25.0 Å². The van der Waals surface area contributed by atoms with E-state index < -0.39 is 99.9 Å². The van der Waals surface area contributed by atoms with E-state index in [2.05, 4.69) is 10.6 Å². The summed E-state index contributed by atoms with van der Waals surface area (Å²) in [5.74, 6) is -7.65. The highest BCUT2D eigenvalue weighted by Crippen LogP contribution is 2.51. The Morgan fingerprint density at radius 3 is 1.79 bits per heavy atom. The minimum Gasteiger partial charge on any atom is -0.502 e. The number of nitrogens with zero attached hydrogens (tertiary/aromatic N) is 6. The number of amides is 4. The highest BCUT2D eigenvalue weighted by Gasteiger charge is 2.49. The number of rotatable bonds is 13. The van der Waals surface area contributed by atoms with Crippen molar-refractivity contribution in [1.82, 2.24) is 29.8 Å². The van der Waals surface area contributed by atoms with Crippen LogP contribution in [0.15, 0.2) is 39.9 Å². The largest absolute Gasteiger partial charge is 0.502 e. The van der Waals surface area contributed by atoms with Gasteiger partial charge in [0, 0.05) is 57.6 Å². The number of hydrogen-bond donors (Lipinski definition) is 4. The Morgan fingerprint density at radius 2 is 1.27 bits per heavy atom. The molecule has 0 spiro atoms. The molecule has 2 saturated carbocycles. The Hall–Kier alpha value is -6.58. The molecule has 18 nitrogen and oxygen atoms in total. The Balaban J connectivity index is 0.832. The lowest BCUT2D eigenvalue weighted by molar-refractivity contribution is 0.0672. The summed E-state index contributed by atoms with van der Waals surface area (Å²) in [5.41, 5.74) is -3.22. The van der Waals surface area contributed by atoms with E-state index in [9.17, 15) is 47.8 Å². The standard InChI is InChI=1S/C44H42ClF3N8O10/c1-65-27-15-53-17-51(13-19-3-4-19)43(63)35-39(59)38(58)30(34(27)55(35)53)42(62)50-12-21-6-8-24(31(45)32(21)48)25-9-22(25)14-52-18-54-16-28(66-2)33-29(37(57)40(60)36(44(52)64)56(33)54)41(61)49-11-20-5-7-23(46)10-26(20)47/h5-8,10,19,22,25,27-28,59-60H,3-4,9,11-18H2,1-2H3,(H,49,61)(H,50,62). The van der Waals surface area contributed by atoms with Crippen LogP contribution in [0.1, 0.15) is 107 Å². The first-order valence-electron chi connectivity index (χ1n) is 21.3. The van der Waals surface area contributed by atoms with Gasteiger partial charge in [-0.15, -0.1) is 0 Å². The number of hydrogen-bond acceptors (Lipinski definition) is 12. The molecule has 0 saturated heterocycles. The molecule has 2 aromatic heterocycles. The number of aromatic nitrogens is 2. The number of ether oxygens (including phenoxy) is 2. The van der Waals surface area contributed by atoms with Crippen LogP contribution in [0.5, 0.6) is 11.5 Å². The molecule has 4 atom stereocenters. The van der Waals surface area contributed by atoms with Crippen molar-refractivity contribution < 1.29 is 52.0 Å². The number of halogens is 4. The summed E-state index contributed by atoms with van der Waals surface area (Å²) in [5, 5.41) is 30.4. The van der Waals surface area contributed by atoms with Crippen LogP contribution in [0.2, 0.25) is 5.02 Å². The number of pyridine rings is 2. The Bertz CT molecular complexity index is 2930. The van der Waals surface area contributed by atoms with Gasteiger partial charge in [0.2, 0.25) is 10.9 Å². The van der Waals surface area contributed by atoms with Gasteiger partial charge in [0.05, 0.1) is 29.5 Å². The normalized spacial score (nSPS) is 21.4. The third kappa shape index (κ3) is 6.93. The molecule has 10 rings (SSSR count). The second-order valence-corrected chi connectivity index (χ2v) is 17.8. The van der Waals surface area contributed by atoms with Crippen molar-refractivity contribution in [3.63, 3.8) is 0 Å². The number of aromatic hydroxyl groups is 2. The van der Waals surface area contributed by atoms with Crippen molar-refractivity contribution in [2.24, 2.45) is 11.8 Å². The lowest BCUT2D eigenvalue weighted by Crippen LogP contribution is -2.53. The van der Waals surface area contributed by atoms with Gasteiger partial charge in [-0.05, 0) is 48.6 Å². The maximum Gasteiger partial charge on any atom is 0.277 e. The van der Waals surface area contributed by atoms with Gasteiger partial charge in [0.1, 0.15) is 54.1 Å². The Kier molecular flexibility index (Phi) is 10.6. The summed E-state index contributed by atoms with van der Waals surface area (Å²) in [7, 11) is 2.76. The number of methoxy groups -OCH3 is 2. The highest BCUT2D eigenvalue weighted by atomic mass is 35.5. The smallest absolute Gasteiger partial charge is 0.277 e. The predicted molar refractivity (Wildman–Crippen MR) is 226 cm³/mol. The number of benzene rings is 2. The molecule has 66 heavy (non-hydrogen) atoms. The average molecular weight is 935 g/mol. The van der Waals surface area contributed by atoms with Crippen molar-refractivity contribution >= 4 is 35.2 Å². The van der Waals surface area contributed by atoms with Crippen LogP contribution in [0, 0.1) is 29.3 Å². The molecule has 4 unspecified atom stereocenters. The van der Waals surface area contributed by atoms with Crippen LogP contribution in [-0.4, -0.2) is 107 Å². The fourth-order valence-electron chi connectivity index (χ4n) is 9.73. The Labute approximate surface area is 377 Å². The van der Waals surface area contributed by atoms with Crippen LogP contribution < -0.4 is 31.5 Å². The third-order valence-corrected chi connectivity index (χ3v) is 13.7. The second kappa shape index (κ2) is 16.1. The summed E-state index contributed by atoms with van der Waals surface area (Å²) in [6, 6.07) is 5.87. The molecule has 2 fully saturated rings. The third-order valence-electron chi connectivity index (χ3n) is 13.4. The first-order valence-corrected chi connectivity index (χ1v) is 21.6. The maximum absolute atomic E-state index is 16.0. The lowest BCUT2D eigenvalue weighted by atomic mass is 10.0. The molecule has 4 aliphatic heterocycles. The maximum atomic E-state index is 16.0. The van der Waals surface area contributed by atoms with E-state index in [1.165, 1.54) is 34.5 Å². The SMILES string of the molecule is COC1CN2CN(CC3CC3)C(=O)c3c(O)c(=O)c(C(=O)NCc4ccc(C5CC5CN5CN6CC(OC)c7c(C(=O)NCc8ccc(F)cc8F)c(=O)c(O)c(n76)C5=O)c(Cl)c4F)c1n32. The van der Waals surface area contributed by atoms with Gasteiger partial charge in [-0.2, -0.15) is 0 Å². The first kappa shape index (κ1) is 43.3. The predicted octanol–water partition coefficient (Wildman–Crippen LogP) is 2.67. The van der Waals surface area contributed by atoms with E-state index in [0.29, 0.717) is 30.5 Å². The molecule has 6 heterocycles. The van der Waals surface area contributed by atoms with E-state index >= 15 is 4.39 Å². The van der Waals surface area contributed by atoms with Crippen LogP contribution in [-0.2, 0) is 22.6 Å². The average Bonchev–Trinajstić information content (AvgIpc) is 4.20. The molecular weight excluding hydrogens is 893 g/mol. The summed E-state index contributed by atoms with van der Waals surface area (Å²) in [4.78, 5) is 84.9. The molecule has 4 amide bonds. The molecular formula is C44H42ClF3N8O10. The van der Waals surface area contributed by atoms with Crippen LogP contribution in [0.4, 0.5) is 13.2 Å². The van der Waals surface area contributed by atoms with Gasteiger partial charge in [-0.1, -0.05) is 29.8 Å². The van der Waals surface area contributed by atoms with Gasteiger partial charge in [-0.3, -0.25) is 38.8 Å². The number of carbonyl (C=O) groups excluding carboxylic acids is 4. The number of carbonyl (C=O) groups is 4. The molecule has 346 valence electrons. The van der Waals surface area contributed by atoms with E-state index in [1.54, 1.807) is 21.0 Å². The second-order valence-electron chi connectivity index (χ2n) is 17.5. The van der Waals surface area contributed by atoms with Gasteiger partial charge in [0.25, 0.3) is 23.6 Å². The molecule has 4 N–H and O–H groups in total. The van der Waals surface area contributed by atoms with Crippen LogP contribution in [0.3, 0.4) is 0 Å². The minimum atomic E-state index is -1.14. The van der Waals surface area contributed by atoms with E-state index in [4.69, 9.17) is 21.1 Å². The van der Waals surface area contributed by atoms with Gasteiger partial charge < -0.3 is 40.1 Å². The van der Waals surface area contributed by atoms with Crippen LogP contribution >= 0.6 is 11.6 Å². The van der Waals surface area contributed by atoms with Crippen molar-refractivity contribution in [2.75, 3.05) is 63.8 Å². The van der Waals surface area contributed by atoms with Gasteiger partial charge in [0.15, 0.2) is 22.9 Å². The molecule has 22 heteroatoms. The molecule has 0 radical (unpaired) electrons. The zero-order chi connectivity index (χ0) is 46.6. The van der Waals surface area contributed by atoms with Crippen molar-refractivity contribution in [2.45, 2.75) is 50.5 Å². The van der Waals surface area contributed by atoms with Crippen molar-refractivity contribution in [1.29, 1.82) is 0 Å². The molecule has 0 bridgehead atoms. The Morgan fingerprint density at radius 1 is 0.758 bits per heavy atom. The lowest BCUT2D eigenvalue weighted by Gasteiger charge is -2.37. The zero-order valence-corrected chi connectivity index (χ0v) is 36.2. The van der Waals surface area contributed by atoms with Crippen molar-refractivity contribution in [3.8, 4) is 11.5 Å². The fraction of sp³-hybridized carbons (Fsp3) is 0.409. The summed E-state index contributed by atoms with van der Waals surface area (Å²) >= 11 is 6.61. The molecule has 6 aliphatic rings. The summed E-state index contributed by atoms with van der Waals surface area (Å²) < 4.78 is 57.6. The van der Waals surface area contributed by atoms with Crippen LogP contribution in [0.25, 0.3) is 0 Å². The zero-order valence-electron chi connectivity index (χ0n) is 35.4. The summed E-state index contributed by atoms with van der Waals surface area (Å²) in [6.07, 6.45) is 0.798. The fourth-order valence-corrected chi connectivity index (χ4v) is 10.0. The molecule has 2 aromatic carbocycles. The van der Waals surface area contributed by atoms with E-state index in [1.807, 2.05) is 0 Å². The number of nitrogens with one attached hydrogen (secondary N) is 2. The van der Waals surface area contributed by atoms with E-state index in [-0.39, 0.29) is 83.7 Å². The quantitative estimate of drug-likeness (QED) is 0.153. The summed E-state index contributed by atoms with van der Waals surface area (Å²) in [6.45, 7) is 0.239. The molecule has 4 aromatic rings. The molecule has 2 aliphatic carbocycles. The van der Waals surface area contributed by atoms with Crippen molar-refractivity contribution in [3.05, 3.63) is 124 Å². The first-order chi connectivity index (χ1) is 31.6.